The van der Waals surface area contributed by atoms with Crippen LogP contribution in [0.25, 0.3) is 0 Å². The van der Waals surface area contributed by atoms with Gasteiger partial charge in [-0.25, -0.2) is 5.43 Å². The summed E-state index contributed by atoms with van der Waals surface area (Å²) in [6.07, 6.45) is 1.32. The lowest BCUT2D eigenvalue weighted by molar-refractivity contribution is -0.139. The van der Waals surface area contributed by atoms with E-state index >= 15 is 0 Å². The van der Waals surface area contributed by atoms with Crippen molar-refractivity contribution in [2.75, 3.05) is 27.4 Å². The van der Waals surface area contributed by atoms with Gasteiger partial charge < -0.3 is 19.9 Å². The quantitative estimate of drug-likeness (QED) is 0.287. The molecule has 21 heavy (non-hydrogen) atoms. The maximum atomic E-state index is 11.4. The van der Waals surface area contributed by atoms with Gasteiger partial charge in [-0.1, -0.05) is 0 Å². The zero-order valence-corrected chi connectivity index (χ0v) is 11.8. The van der Waals surface area contributed by atoms with Crippen LogP contribution in [0.3, 0.4) is 0 Å². The van der Waals surface area contributed by atoms with Crippen molar-refractivity contribution in [3.05, 3.63) is 23.8 Å². The Bertz CT molecular complexity index is 531. The molecule has 0 aliphatic rings. The molecule has 0 fully saturated rings. The molecule has 0 radical (unpaired) electrons. The molecule has 3 N–H and O–H groups in total. The number of nitrogens with one attached hydrogen (secondary N) is 2. The minimum absolute atomic E-state index is 0.00351. The predicted molar refractivity (Wildman–Crippen MR) is 75.3 cm³/mol. The van der Waals surface area contributed by atoms with Crippen LogP contribution in [0, 0.1) is 0 Å². The standard InChI is InChI=1S/C13H17N3O5/c1-20-6-5-14-12(18)13(19)16-15-8-9-3-4-10(17)11(7-9)21-2/h3-4,7-8,17H,5-6H2,1-2H3,(H,14,18)(H,16,19)/b15-8+. The molecular weight excluding hydrogens is 278 g/mol. The van der Waals surface area contributed by atoms with Crippen LogP contribution in [0.15, 0.2) is 23.3 Å². The van der Waals surface area contributed by atoms with Crippen molar-refractivity contribution in [3.8, 4) is 11.5 Å². The molecule has 114 valence electrons. The highest BCUT2D eigenvalue weighted by molar-refractivity contribution is 6.35. The molecule has 0 heterocycles. The number of phenolic OH excluding ortho intramolecular Hbond substituents is 1. The van der Waals surface area contributed by atoms with E-state index in [2.05, 4.69) is 15.8 Å². The summed E-state index contributed by atoms with van der Waals surface area (Å²) in [4.78, 5) is 22.7. The van der Waals surface area contributed by atoms with Crippen molar-refractivity contribution in [3.63, 3.8) is 0 Å². The van der Waals surface area contributed by atoms with E-state index in [4.69, 9.17) is 9.47 Å². The van der Waals surface area contributed by atoms with Crippen LogP contribution in [-0.4, -0.2) is 50.5 Å². The first-order valence-corrected chi connectivity index (χ1v) is 6.05. The van der Waals surface area contributed by atoms with Crippen LogP contribution in [0.4, 0.5) is 0 Å². The highest BCUT2D eigenvalue weighted by atomic mass is 16.5. The van der Waals surface area contributed by atoms with Crippen molar-refractivity contribution < 1.29 is 24.2 Å². The van der Waals surface area contributed by atoms with Crippen molar-refractivity contribution in [1.29, 1.82) is 0 Å². The monoisotopic (exact) mass is 295 g/mol. The largest absolute Gasteiger partial charge is 0.504 e. The summed E-state index contributed by atoms with van der Waals surface area (Å²) in [5.74, 6) is -1.40. The molecule has 0 bridgehead atoms. The van der Waals surface area contributed by atoms with Gasteiger partial charge in [0.25, 0.3) is 0 Å². The van der Waals surface area contributed by atoms with Gasteiger partial charge in [0, 0.05) is 13.7 Å². The third kappa shape index (κ3) is 5.49. The Labute approximate surface area is 121 Å². The Kier molecular flexibility index (Phi) is 6.69. The fraction of sp³-hybridized carbons (Fsp3) is 0.308. The molecule has 0 atom stereocenters. The molecule has 1 aromatic rings. The van der Waals surface area contributed by atoms with E-state index in [1.165, 1.54) is 32.6 Å². The number of hydrazone groups is 1. The average molecular weight is 295 g/mol. The number of ether oxygens (including phenoxy) is 2. The van der Waals surface area contributed by atoms with Crippen LogP contribution in [0.1, 0.15) is 5.56 Å². The van der Waals surface area contributed by atoms with Crippen molar-refractivity contribution in [2.24, 2.45) is 5.10 Å². The van der Waals surface area contributed by atoms with Crippen LogP contribution in [0.2, 0.25) is 0 Å². The molecule has 1 aromatic carbocycles. The second kappa shape index (κ2) is 8.54. The highest BCUT2D eigenvalue weighted by Crippen LogP contribution is 2.25. The number of carbonyl (C=O) groups is 2. The van der Waals surface area contributed by atoms with Gasteiger partial charge in [-0.2, -0.15) is 5.10 Å². The molecule has 2 amide bonds. The topological polar surface area (TPSA) is 109 Å². The fourth-order valence-corrected chi connectivity index (χ4v) is 1.34. The normalized spacial score (nSPS) is 10.4. The summed E-state index contributed by atoms with van der Waals surface area (Å²) in [5, 5.41) is 15.4. The number of hydrogen-bond donors (Lipinski definition) is 3. The van der Waals surface area contributed by atoms with E-state index in [1.807, 2.05) is 0 Å². The van der Waals surface area contributed by atoms with E-state index in [0.29, 0.717) is 12.2 Å². The second-order valence-corrected chi connectivity index (χ2v) is 3.88. The minimum Gasteiger partial charge on any atom is -0.504 e. The lowest BCUT2D eigenvalue weighted by Crippen LogP contribution is -2.39. The number of phenols is 1. The summed E-state index contributed by atoms with van der Waals surface area (Å²) in [7, 11) is 2.91. The smallest absolute Gasteiger partial charge is 0.329 e. The van der Waals surface area contributed by atoms with Gasteiger partial charge >= 0.3 is 11.8 Å². The molecular formula is C13H17N3O5. The Morgan fingerprint density at radius 1 is 1.33 bits per heavy atom. The lowest BCUT2D eigenvalue weighted by Gasteiger charge is -2.04. The molecule has 8 nitrogen and oxygen atoms in total. The Balaban J connectivity index is 2.50. The highest BCUT2D eigenvalue weighted by Gasteiger charge is 2.11. The molecule has 8 heteroatoms. The molecule has 0 aliphatic heterocycles. The summed E-state index contributed by atoms with van der Waals surface area (Å²) in [6, 6.07) is 4.54. The van der Waals surface area contributed by atoms with Crippen LogP contribution < -0.4 is 15.5 Å². The Morgan fingerprint density at radius 2 is 2.10 bits per heavy atom. The number of benzene rings is 1. The number of nitrogens with zero attached hydrogens (tertiary/aromatic N) is 1. The summed E-state index contributed by atoms with van der Waals surface area (Å²) in [6.45, 7) is 0.553. The van der Waals surface area contributed by atoms with Gasteiger partial charge in [0.1, 0.15) is 0 Å². The summed E-state index contributed by atoms with van der Waals surface area (Å²) < 4.78 is 9.67. The van der Waals surface area contributed by atoms with Crippen LogP contribution in [-0.2, 0) is 14.3 Å². The SMILES string of the molecule is COCCNC(=O)C(=O)N/N=C/c1ccc(O)c(OC)c1. The van der Waals surface area contributed by atoms with Gasteiger partial charge in [0.2, 0.25) is 0 Å². The molecule has 0 aromatic heterocycles. The van der Waals surface area contributed by atoms with Crippen LogP contribution >= 0.6 is 0 Å². The van der Waals surface area contributed by atoms with E-state index < -0.39 is 11.8 Å². The number of carbonyl (C=O) groups excluding carboxylic acids is 2. The molecule has 0 unspecified atom stereocenters. The Hall–Kier alpha value is -2.61. The lowest BCUT2D eigenvalue weighted by atomic mass is 10.2. The van der Waals surface area contributed by atoms with Crippen molar-refractivity contribution >= 4 is 18.0 Å². The molecule has 1 rings (SSSR count). The van der Waals surface area contributed by atoms with E-state index in [-0.39, 0.29) is 18.0 Å². The second-order valence-electron chi connectivity index (χ2n) is 3.88. The molecule has 0 saturated heterocycles. The maximum absolute atomic E-state index is 11.4. The number of methoxy groups -OCH3 is 2. The first-order chi connectivity index (χ1) is 10.1. The fourth-order valence-electron chi connectivity index (χ4n) is 1.34. The van der Waals surface area contributed by atoms with Gasteiger partial charge in [-0.3, -0.25) is 9.59 Å². The zero-order valence-electron chi connectivity index (χ0n) is 11.8. The Morgan fingerprint density at radius 3 is 2.76 bits per heavy atom. The van der Waals surface area contributed by atoms with Crippen molar-refractivity contribution in [1.82, 2.24) is 10.7 Å². The minimum atomic E-state index is -0.881. The first kappa shape index (κ1) is 16.4. The van der Waals surface area contributed by atoms with E-state index in [9.17, 15) is 14.7 Å². The van der Waals surface area contributed by atoms with E-state index in [0.717, 1.165) is 0 Å². The van der Waals surface area contributed by atoms with Gasteiger partial charge in [-0.05, 0) is 23.8 Å². The molecule has 0 saturated carbocycles. The first-order valence-electron chi connectivity index (χ1n) is 6.05. The maximum Gasteiger partial charge on any atom is 0.329 e. The average Bonchev–Trinajstić information content (AvgIpc) is 2.48. The number of aromatic hydroxyl groups is 1. The van der Waals surface area contributed by atoms with Gasteiger partial charge in [0.15, 0.2) is 11.5 Å². The molecule has 0 spiro atoms. The summed E-state index contributed by atoms with van der Waals surface area (Å²) >= 11 is 0. The number of amides is 2. The third-order valence-electron chi connectivity index (χ3n) is 2.38. The number of rotatable bonds is 6. The predicted octanol–water partition coefficient (Wildman–Crippen LogP) is -0.386. The summed E-state index contributed by atoms with van der Waals surface area (Å²) in [5.41, 5.74) is 2.67. The van der Waals surface area contributed by atoms with E-state index in [1.54, 1.807) is 6.07 Å². The third-order valence-corrected chi connectivity index (χ3v) is 2.38. The number of hydrogen-bond acceptors (Lipinski definition) is 6. The van der Waals surface area contributed by atoms with Gasteiger partial charge in [0.05, 0.1) is 19.9 Å². The van der Waals surface area contributed by atoms with Crippen LogP contribution in [0.5, 0.6) is 11.5 Å². The molecule has 0 aliphatic carbocycles. The van der Waals surface area contributed by atoms with Gasteiger partial charge in [-0.15, -0.1) is 0 Å². The zero-order chi connectivity index (χ0) is 15.7. The van der Waals surface area contributed by atoms with Crippen molar-refractivity contribution in [2.45, 2.75) is 0 Å².